The van der Waals surface area contributed by atoms with Crippen LogP contribution in [0.3, 0.4) is 0 Å². The summed E-state index contributed by atoms with van der Waals surface area (Å²) in [6, 6.07) is 12.1. The highest BCUT2D eigenvalue weighted by Crippen LogP contribution is 2.24. The zero-order chi connectivity index (χ0) is 12.1. The van der Waals surface area contributed by atoms with Crippen LogP contribution in [-0.4, -0.2) is 11.2 Å². The Morgan fingerprint density at radius 2 is 2.06 bits per heavy atom. The fourth-order valence-corrected chi connectivity index (χ4v) is 1.77. The third-order valence-corrected chi connectivity index (χ3v) is 2.72. The largest absolute Gasteiger partial charge is 0.255 e. The summed E-state index contributed by atoms with van der Waals surface area (Å²) in [4.78, 5) is 8.79. The van der Waals surface area contributed by atoms with E-state index < -0.39 is 0 Å². The molecular formula is C15H16N2. The van der Waals surface area contributed by atoms with Gasteiger partial charge in [0.05, 0.1) is 17.6 Å². The van der Waals surface area contributed by atoms with E-state index in [-0.39, 0.29) is 0 Å². The molecular weight excluding hydrogens is 208 g/mol. The van der Waals surface area contributed by atoms with Gasteiger partial charge in [-0.2, -0.15) is 0 Å². The van der Waals surface area contributed by atoms with Crippen molar-refractivity contribution in [1.29, 1.82) is 0 Å². The number of nitrogens with zero attached hydrogens (tertiary/aromatic N) is 2. The average molecular weight is 224 g/mol. The molecule has 0 aliphatic carbocycles. The van der Waals surface area contributed by atoms with Gasteiger partial charge < -0.3 is 0 Å². The molecule has 1 heterocycles. The lowest BCUT2D eigenvalue weighted by molar-refractivity contribution is 1.12. The zero-order valence-electron chi connectivity index (χ0n) is 10.2. The van der Waals surface area contributed by atoms with Gasteiger partial charge in [0.1, 0.15) is 0 Å². The van der Waals surface area contributed by atoms with Crippen LogP contribution in [0.1, 0.15) is 23.7 Å². The van der Waals surface area contributed by atoms with E-state index >= 15 is 0 Å². The first-order valence-electron chi connectivity index (χ1n) is 5.85. The number of hydrogen-bond donors (Lipinski definition) is 0. The molecule has 1 aromatic carbocycles. The molecule has 2 heteroatoms. The molecule has 0 amide bonds. The highest BCUT2D eigenvalue weighted by molar-refractivity contribution is 5.80. The van der Waals surface area contributed by atoms with E-state index in [1.165, 1.54) is 11.1 Å². The van der Waals surface area contributed by atoms with Gasteiger partial charge in [-0.3, -0.25) is 9.98 Å². The summed E-state index contributed by atoms with van der Waals surface area (Å²) >= 11 is 0. The van der Waals surface area contributed by atoms with Crippen molar-refractivity contribution in [3.8, 4) is 0 Å². The number of aryl methyl sites for hydroxylation is 2. The molecule has 0 saturated carbocycles. The number of pyridine rings is 1. The first-order valence-corrected chi connectivity index (χ1v) is 5.85. The monoisotopic (exact) mass is 224 g/mol. The van der Waals surface area contributed by atoms with Gasteiger partial charge in [-0.1, -0.05) is 31.2 Å². The Bertz CT molecular complexity index is 516. The van der Waals surface area contributed by atoms with E-state index in [0.717, 1.165) is 17.8 Å². The lowest BCUT2D eigenvalue weighted by Crippen LogP contribution is -1.88. The molecule has 0 aliphatic heterocycles. The topological polar surface area (TPSA) is 25.2 Å². The normalized spacial score (nSPS) is 10.9. The van der Waals surface area contributed by atoms with Gasteiger partial charge in [-0.15, -0.1) is 0 Å². The second-order valence-corrected chi connectivity index (χ2v) is 3.95. The van der Waals surface area contributed by atoms with Gasteiger partial charge in [-0.25, -0.2) is 0 Å². The molecule has 0 atom stereocenters. The third-order valence-electron chi connectivity index (χ3n) is 2.72. The minimum atomic E-state index is 0.887. The second kappa shape index (κ2) is 5.39. The number of para-hydroxylation sites is 1. The Hall–Kier alpha value is -1.96. The summed E-state index contributed by atoms with van der Waals surface area (Å²) in [5.41, 5.74) is 4.44. The van der Waals surface area contributed by atoms with Crippen LogP contribution in [-0.2, 0) is 6.42 Å². The van der Waals surface area contributed by atoms with Crippen LogP contribution in [0.4, 0.5) is 5.69 Å². The zero-order valence-corrected chi connectivity index (χ0v) is 10.2. The third kappa shape index (κ3) is 2.78. The van der Waals surface area contributed by atoms with Crippen LogP contribution >= 0.6 is 0 Å². The second-order valence-electron chi connectivity index (χ2n) is 3.95. The number of aliphatic imine (C=N–C) groups is 1. The first kappa shape index (κ1) is 11.5. The number of rotatable bonds is 3. The summed E-state index contributed by atoms with van der Waals surface area (Å²) in [6.45, 7) is 4.23. The van der Waals surface area contributed by atoms with Gasteiger partial charge in [-0.05, 0) is 36.6 Å². The fraction of sp³-hybridized carbons (Fsp3) is 0.200. The molecule has 0 N–H and O–H groups in total. The average Bonchev–Trinajstić information content (AvgIpc) is 2.38. The van der Waals surface area contributed by atoms with Crippen molar-refractivity contribution < 1.29 is 0 Å². The molecule has 0 radical (unpaired) electrons. The smallest absolute Gasteiger partial charge is 0.0812 e. The first-order chi connectivity index (χ1) is 8.31. The molecule has 1 aromatic heterocycles. The van der Waals surface area contributed by atoms with E-state index in [9.17, 15) is 0 Å². The van der Waals surface area contributed by atoms with Crippen molar-refractivity contribution in [2.24, 2.45) is 4.99 Å². The Morgan fingerprint density at radius 3 is 2.76 bits per heavy atom. The van der Waals surface area contributed by atoms with E-state index in [4.69, 9.17) is 0 Å². The highest BCUT2D eigenvalue weighted by atomic mass is 14.8. The maximum atomic E-state index is 4.56. The standard InChI is InChI=1S/C15H16N2/c1-3-13-8-6-7-12(2)15(13)17-11-14-9-4-5-10-16-14/h4-11H,3H2,1-2H3. The van der Waals surface area contributed by atoms with Crippen LogP contribution in [0.15, 0.2) is 47.6 Å². The fourth-order valence-electron chi connectivity index (χ4n) is 1.77. The van der Waals surface area contributed by atoms with Gasteiger partial charge >= 0.3 is 0 Å². The molecule has 0 bridgehead atoms. The lowest BCUT2D eigenvalue weighted by Gasteiger charge is -2.05. The van der Waals surface area contributed by atoms with Gasteiger partial charge in [0, 0.05) is 6.20 Å². The number of aromatic nitrogens is 1. The van der Waals surface area contributed by atoms with Crippen molar-refractivity contribution in [1.82, 2.24) is 4.98 Å². The van der Waals surface area contributed by atoms with Crippen molar-refractivity contribution in [2.45, 2.75) is 20.3 Å². The molecule has 2 rings (SSSR count). The van der Waals surface area contributed by atoms with Crippen molar-refractivity contribution in [3.63, 3.8) is 0 Å². The maximum Gasteiger partial charge on any atom is 0.0812 e. The van der Waals surface area contributed by atoms with Gasteiger partial charge in [0.2, 0.25) is 0 Å². The molecule has 86 valence electrons. The molecule has 0 fully saturated rings. The SMILES string of the molecule is CCc1cccc(C)c1N=Cc1ccccn1. The summed E-state index contributed by atoms with van der Waals surface area (Å²) in [5.74, 6) is 0. The summed E-state index contributed by atoms with van der Waals surface area (Å²) in [5, 5.41) is 0. The predicted octanol–water partition coefficient (Wildman–Crippen LogP) is 3.70. The van der Waals surface area contributed by atoms with Crippen LogP contribution in [0.25, 0.3) is 0 Å². The Kier molecular flexibility index (Phi) is 3.66. The molecule has 0 spiro atoms. The van der Waals surface area contributed by atoms with E-state index in [1.807, 2.05) is 24.4 Å². The summed E-state index contributed by atoms with van der Waals surface area (Å²) in [7, 11) is 0. The number of benzene rings is 1. The number of hydrogen-bond acceptors (Lipinski definition) is 2. The van der Waals surface area contributed by atoms with E-state index in [1.54, 1.807) is 6.20 Å². The van der Waals surface area contributed by atoms with Crippen LogP contribution in [0, 0.1) is 6.92 Å². The maximum absolute atomic E-state index is 4.56. The summed E-state index contributed by atoms with van der Waals surface area (Å²) < 4.78 is 0. The van der Waals surface area contributed by atoms with Gasteiger partial charge in [0.15, 0.2) is 0 Å². The highest BCUT2D eigenvalue weighted by Gasteiger charge is 2.01. The lowest BCUT2D eigenvalue weighted by atomic mass is 10.1. The minimum Gasteiger partial charge on any atom is -0.255 e. The Morgan fingerprint density at radius 1 is 1.18 bits per heavy atom. The summed E-state index contributed by atoms with van der Waals surface area (Å²) in [6.07, 6.45) is 4.60. The molecule has 17 heavy (non-hydrogen) atoms. The molecule has 0 unspecified atom stereocenters. The van der Waals surface area contributed by atoms with Gasteiger partial charge in [0.25, 0.3) is 0 Å². The van der Waals surface area contributed by atoms with Crippen LogP contribution in [0.5, 0.6) is 0 Å². The quantitative estimate of drug-likeness (QED) is 0.730. The molecule has 0 saturated heterocycles. The Labute approximate surface area is 102 Å². The van der Waals surface area contributed by atoms with Crippen LogP contribution in [0.2, 0.25) is 0 Å². The van der Waals surface area contributed by atoms with E-state index in [2.05, 4.69) is 42.0 Å². The molecule has 2 aromatic rings. The van der Waals surface area contributed by atoms with Crippen molar-refractivity contribution in [2.75, 3.05) is 0 Å². The Balaban J connectivity index is 2.33. The molecule has 2 nitrogen and oxygen atoms in total. The molecule has 0 aliphatic rings. The predicted molar refractivity (Wildman–Crippen MR) is 72.0 cm³/mol. The van der Waals surface area contributed by atoms with Crippen molar-refractivity contribution in [3.05, 3.63) is 59.4 Å². The van der Waals surface area contributed by atoms with E-state index in [0.29, 0.717) is 0 Å². The van der Waals surface area contributed by atoms with Crippen molar-refractivity contribution >= 4 is 11.9 Å². The minimum absolute atomic E-state index is 0.887. The van der Waals surface area contributed by atoms with Crippen LogP contribution < -0.4 is 0 Å².